The van der Waals surface area contributed by atoms with E-state index in [1.165, 1.54) is 23.5 Å². The van der Waals surface area contributed by atoms with Crippen molar-refractivity contribution in [1.82, 2.24) is 25.4 Å². The van der Waals surface area contributed by atoms with E-state index in [1.807, 2.05) is 41.8 Å². The third-order valence-electron chi connectivity index (χ3n) is 8.87. The minimum atomic E-state index is -1.59. The van der Waals surface area contributed by atoms with Gasteiger partial charge in [-0.05, 0) is 62.2 Å². The molecular formula is C36H39N7O6. The van der Waals surface area contributed by atoms with Crippen molar-refractivity contribution in [2.45, 2.75) is 51.4 Å². The maximum Gasteiger partial charge on any atom is 0.258 e. The fourth-order valence-electron chi connectivity index (χ4n) is 6.13. The van der Waals surface area contributed by atoms with Crippen LogP contribution in [0.4, 0.5) is 5.69 Å². The van der Waals surface area contributed by atoms with Gasteiger partial charge in [-0.2, -0.15) is 0 Å². The molecule has 1 saturated heterocycles. The van der Waals surface area contributed by atoms with E-state index in [0.717, 1.165) is 23.2 Å². The monoisotopic (exact) mass is 665 g/mol. The van der Waals surface area contributed by atoms with Gasteiger partial charge in [-0.1, -0.05) is 37.3 Å². The number of nitrogens with one attached hydrogen (secondary N) is 2. The number of aromatic nitrogens is 3. The molecule has 2 aliphatic heterocycles. The lowest BCUT2D eigenvalue weighted by Gasteiger charge is -2.19. The number of amides is 3. The molecule has 1 fully saturated rings. The Kier molecular flexibility index (Phi) is 9.30. The first-order valence-corrected chi connectivity index (χ1v) is 16.1. The molecule has 2 aliphatic rings. The van der Waals surface area contributed by atoms with Crippen molar-refractivity contribution in [3.8, 4) is 11.4 Å². The second kappa shape index (κ2) is 13.6. The van der Waals surface area contributed by atoms with Gasteiger partial charge in [-0.25, -0.2) is 0 Å². The minimum Gasteiger partial charge on any atom is -0.497 e. The van der Waals surface area contributed by atoms with Gasteiger partial charge in [-0.15, -0.1) is 10.2 Å². The molecule has 3 amide bonds. The first-order chi connectivity index (χ1) is 23.5. The summed E-state index contributed by atoms with van der Waals surface area (Å²) in [6, 6.07) is 19.7. The highest BCUT2D eigenvalue weighted by Crippen LogP contribution is 2.34. The number of hydrogen-bond acceptors (Lipinski definition) is 9. The number of ether oxygens (including phenoxy) is 1. The molecule has 13 heteroatoms. The summed E-state index contributed by atoms with van der Waals surface area (Å²) in [5.41, 5.74) is 3.55. The molecule has 3 atom stereocenters. The normalized spacial score (nSPS) is 19.8. The summed E-state index contributed by atoms with van der Waals surface area (Å²) in [6.07, 6.45) is -0.646. The van der Waals surface area contributed by atoms with Crippen LogP contribution < -0.4 is 20.3 Å². The van der Waals surface area contributed by atoms with Gasteiger partial charge in [0.2, 0.25) is 5.91 Å². The average molecular weight is 666 g/mol. The van der Waals surface area contributed by atoms with E-state index >= 15 is 0 Å². The molecule has 0 aliphatic carbocycles. The summed E-state index contributed by atoms with van der Waals surface area (Å²) in [4.78, 5) is 45.1. The maximum absolute atomic E-state index is 13.3. The van der Waals surface area contributed by atoms with E-state index in [9.17, 15) is 24.6 Å². The minimum absolute atomic E-state index is 0.00468. The molecule has 0 spiro atoms. The van der Waals surface area contributed by atoms with E-state index in [2.05, 4.69) is 39.9 Å². The van der Waals surface area contributed by atoms with Crippen LogP contribution >= 0.6 is 0 Å². The highest BCUT2D eigenvalue weighted by molar-refractivity contribution is 6.15. The molecule has 3 heterocycles. The molecule has 13 nitrogen and oxygen atoms in total. The van der Waals surface area contributed by atoms with Crippen LogP contribution in [0.3, 0.4) is 0 Å². The van der Waals surface area contributed by atoms with E-state index < -0.39 is 29.6 Å². The van der Waals surface area contributed by atoms with Crippen molar-refractivity contribution in [3.05, 3.63) is 101 Å². The number of rotatable bonds is 10. The lowest BCUT2D eigenvalue weighted by molar-refractivity contribution is -0.130. The van der Waals surface area contributed by atoms with Gasteiger partial charge in [0.25, 0.3) is 11.8 Å². The van der Waals surface area contributed by atoms with Crippen molar-refractivity contribution < 1.29 is 29.3 Å². The number of anilines is 1. The number of carbonyl (C=O) groups is 3. The van der Waals surface area contributed by atoms with Crippen LogP contribution in [0.5, 0.6) is 5.75 Å². The highest BCUT2D eigenvalue weighted by Gasteiger charge is 2.47. The molecule has 254 valence electrons. The van der Waals surface area contributed by atoms with Gasteiger partial charge in [-0.3, -0.25) is 23.9 Å². The summed E-state index contributed by atoms with van der Waals surface area (Å²) in [6.45, 7) is 5.55. The lowest BCUT2D eigenvalue weighted by atomic mass is 9.98. The zero-order chi connectivity index (χ0) is 34.9. The Balaban J connectivity index is 1.15. The molecule has 0 radical (unpaired) electrons. The molecule has 3 aromatic carbocycles. The smallest absolute Gasteiger partial charge is 0.258 e. The number of fused-ring (bicyclic) bond motifs is 3. The van der Waals surface area contributed by atoms with Crippen molar-refractivity contribution in [1.29, 1.82) is 0 Å². The Morgan fingerprint density at radius 3 is 2.49 bits per heavy atom. The largest absolute Gasteiger partial charge is 0.497 e. The van der Waals surface area contributed by atoms with Gasteiger partial charge >= 0.3 is 0 Å². The number of aryl methyl sites for hydroxylation is 2. The Labute approximate surface area is 283 Å². The van der Waals surface area contributed by atoms with Crippen LogP contribution in [0.25, 0.3) is 5.69 Å². The predicted molar refractivity (Wildman–Crippen MR) is 182 cm³/mol. The van der Waals surface area contributed by atoms with Gasteiger partial charge in [0.1, 0.15) is 23.2 Å². The van der Waals surface area contributed by atoms with Crippen LogP contribution in [0.1, 0.15) is 65.0 Å². The number of benzene rings is 3. The number of nitrogens with zero attached hydrogens (tertiary/aromatic N) is 5. The Hall–Kier alpha value is -5.40. The van der Waals surface area contributed by atoms with Crippen LogP contribution in [0.15, 0.2) is 71.7 Å². The Morgan fingerprint density at radius 1 is 1.04 bits per heavy atom. The fraction of sp³-hybridized carbons (Fsp3) is 0.333. The standard InChI is InChI=1S/C36H39N7O6/c1-5-22-9-11-23(12-10-22)31-27-18-26(49-4)13-14-29(27)43-21(2)40-41-33(43)28(39-31)19-30(44)37-15-16-38-34(46)24-7-6-8-25(17-24)42-20-36(3,48)32(45)35(42)47/h6-14,17-18,28,32,45,48H,5,15-16,19-20H2,1-4H3,(H,37,44)(H,38,46). The van der Waals surface area contributed by atoms with E-state index in [4.69, 9.17) is 9.73 Å². The molecule has 4 aromatic rings. The fourth-order valence-corrected chi connectivity index (χ4v) is 6.13. The van der Waals surface area contributed by atoms with Gasteiger partial charge in [0.05, 0.1) is 31.5 Å². The summed E-state index contributed by atoms with van der Waals surface area (Å²) in [5.74, 6) is 0.552. The number of aliphatic hydroxyl groups excluding tert-OH is 1. The van der Waals surface area contributed by atoms with Crippen LogP contribution in [-0.4, -0.2) is 86.9 Å². The molecule has 1 aromatic heterocycles. The van der Waals surface area contributed by atoms with Crippen molar-refractivity contribution in [3.63, 3.8) is 0 Å². The first-order valence-electron chi connectivity index (χ1n) is 16.1. The summed E-state index contributed by atoms with van der Waals surface area (Å²) < 4.78 is 7.48. The number of carbonyl (C=O) groups excluding carboxylic acids is 3. The Bertz CT molecular complexity index is 1930. The second-order valence-corrected chi connectivity index (χ2v) is 12.4. The Morgan fingerprint density at radius 2 is 1.80 bits per heavy atom. The number of hydrogen-bond donors (Lipinski definition) is 4. The second-order valence-electron chi connectivity index (χ2n) is 12.4. The zero-order valence-corrected chi connectivity index (χ0v) is 27.8. The molecule has 6 rings (SSSR count). The first kappa shape index (κ1) is 33.5. The SMILES string of the molecule is CCc1ccc(C2=NC(CC(=O)NCCNC(=O)c3cccc(N4CC(C)(O)C(O)C4=O)c3)c3nnc(C)n3-c3ccc(OC)cc32)cc1. The third-order valence-corrected chi connectivity index (χ3v) is 8.87. The number of β-amino-alcohol motifs (C(OH)–C–C–N with tert-alkyl or cyclic N) is 1. The summed E-state index contributed by atoms with van der Waals surface area (Å²) >= 11 is 0. The van der Waals surface area contributed by atoms with E-state index in [0.29, 0.717) is 28.8 Å². The molecule has 0 saturated carbocycles. The molecule has 4 N–H and O–H groups in total. The number of aliphatic imine (C=N–C) groups is 1. The molecule has 3 unspecified atom stereocenters. The highest BCUT2D eigenvalue weighted by atomic mass is 16.5. The zero-order valence-electron chi connectivity index (χ0n) is 27.8. The van der Waals surface area contributed by atoms with Gasteiger partial charge in [0, 0.05) is 35.5 Å². The van der Waals surface area contributed by atoms with Crippen molar-refractivity contribution >= 4 is 29.1 Å². The number of aliphatic hydroxyl groups is 2. The van der Waals surface area contributed by atoms with Gasteiger partial charge in [0.15, 0.2) is 11.9 Å². The summed E-state index contributed by atoms with van der Waals surface area (Å²) in [5, 5.41) is 34.8. The van der Waals surface area contributed by atoms with Gasteiger partial charge < -0.3 is 30.5 Å². The van der Waals surface area contributed by atoms with Crippen LogP contribution in [0.2, 0.25) is 0 Å². The topological polar surface area (TPSA) is 171 Å². The van der Waals surface area contributed by atoms with E-state index in [1.54, 1.807) is 25.3 Å². The average Bonchev–Trinajstić information content (AvgIpc) is 3.54. The number of methoxy groups -OCH3 is 1. The molecule has 0 bridgehead atoms. The van der Waals surface area contributed by atoms with Crippen molar-refractivity contribution in [2.75, 3.05) is 31.6 Å². The lowest BCUT2D eigenvalue weighted by Crippen LogP contribution is -2.39. The quantitative estimate of drug-likeness (QED) is 0.187. The van der Waals surface area contributed by atoms with Crippen LogP contribution in [0, 0.1) is 6.92 Å². The maximum atomic E-state index is 13.3. The van der Waals surface area contributed by atoms with Crippen molar-refractivity contribution in [2.24, 2.45) is 4.99 Å². The molecule has 49 heavy (non-hydrogen) atoms. The van der Waals surface area contributed by atoms with E-state index in [-0.39, 0.29) is 37.5 Å². The molecular weight excluding hydrogens is 626 g/mol. The van der Waals surface area contributed by atoms with Crippen LogP contribution in [-0.2, 0) is 16.0 Å². The third kappa shape index (κ3) is 6.67. The summed E-state index contributed by atoms with van der Waals surface area (Å²) in [7, 11) is 1.61. The predicted octanol–water partition coefficient (Wildman–Crippen LogP) is 2.43.